The van der Waals surface area contributed by atoms with Crippen molar-refractivity contribution in [3.63, 3.8) is 0 Å². The molecular weight excluding hydrogens is 893 g/mol. The molecule has 71 heavy (non-hydrogen) atoms. The first-order valence-corrected chi connectivity index (χ1v) is 23.2. The molecule has 0 bridgehead atoms. The van der Waals surface area contributed by atoms with Gasteiger partial charge >= 0.3 is 0 Å². The molecule has 2 unspecified atom stereocenters. The van der Waals surface area contributed by atoms with E-state index in [0.29, 0.717) is 98.0 Å². The van der Waals surface area contributed by atoms with Crippen LogP contribution in [0.15, 0.2) is 166 Å². The third-order valence-corrected chi connectivity index (χ3v) is 14.9. The number of carbonyl (C=O) groups is 8. The molecule has 6 aromatic carbocycles. The summed E-state index contributed by atoms with van der Waals surface area (Å²) < 4.78 is 0. The zero-order chi connectivity index (χ0) is 48.1. The molecule has 2 heterocycles. The fourth-order valence-corrected chi connectivity index (χ4v) is 11.4. The van der Waals surface area contributed by atoms with Crippen LogP contribution < -0.4 is 10.6 Å². The van der Waals surface area contributed by atoms with Gasteiger partial charge in [0.05, 0.1) is 57.4 Å². The van der Waals surface area contributed by atoms with E-state index in [4.69, 9.17) is 9.98 Å². The number of allylic oxidation sites excluding steroid dienone is 4. The van der Waals surface area contributed by atoms with Gasteiger partial charge in [0, 0.05) is 77.9 Å². The number of hydrogen-bond acceptors (Lipinski definition) is 12. The van der Waals surface area contributed by atoms with Crippen molar-refractivity contribution in [3.8, 4) is 0 Å². The van der Waals surface area contributed by atoms with Gasteiger partial charge in [-0.1, -0.05) is 72.8 Å². The Morgan fingerprint density at radius 1 is 0.366 bits per heavy atom. The Hall–Kier alpha value is -9.42. The molecular formula is C59H32N4O8. The van der Waals surface area contributed by atoms with Gasteiger partial charge in [0.15, 0.2) is 46.3 Å². The lowest BCUT2D eigenvalue weighted by Crippen LogP contribution is -2.41. The Labute approximate surface area is 402 Å². The summed E-state index contributed by atoms with van der Waals surface area (Å²) in [7, 11) is 0. The van der Waals surface area contributed by atoms with E-state index in [0.717, 1.165) is 11.1 Å². The smallest absolute Gasteiger partial charge is 0.196 e. The molecule has 336 valence electrons. The Bertz CT molecular complexity index is 3970. The fourth-order valence-electron chi connectivity index (χ4n) is 11.4. The maximum absolute atomic E-state index is 14.3. The average Bonchev–Trinajstić information content (AvgIpc) is 3.40. The molecule has 2 atom stereocenters. The van der Waals surface area contributed by atoms with Crippen LogP contribution in [0.2, 0.25) is 0 Å². The topological polar surface area (TPSA) is 185 Å². The van der Waals surface area contributed by atoms with E-state index in [1.165, 1.54) is 0 Å². The van der Waals surface area contributed by atoms with Gasteiger partial charge in [-0.25, -0.2) is 9.98 Å². The molecule has 0 saturated carbocycles. The lowest BCUT2D eigenvalue weighted by molar-refractivity contribution is 0.0975. The predicted molar refractivity (Wildman–Crippen MR) is 263 cm³/mol. The monoisotopic (exact) mass is 924 g/mol. The second kappa shape index (κ2) is 14.5. The van der Waals surface area contributed by atoms with Gasteiger partial charge < -0.3 is 10.6 Å². The summed E-state index contributed by atoms with van der Waals surface area (Å²) in [5.74, 6) is -2.30. The molecule has 0 amide bonds. The van der Waals surface area contributed by atoms with Gasteiger partial charge in [-0.3, -0.25) is 38.4 Å². The summed E-state index contributed by atoms with van der Waals surface area (Å²) in [6.07, 6.45) is 8.33. The number of aliphatic imine (C=N–C) groups is 2. The van der Waals surface area contributed by atoms with E-state index < -0.39 is 12.1 Å². The fraction of sp³-hybridized carbons (Fsp3) is 0.0847. The third kappa shape index (κ3) is 5.61. The van der Waals surface area contributed by atoms with Crippen molar-refractivity contribution in [2.24, 2.45) is 9.98 Å². The van der Waals surface area contributed by atoms with E-state index >= 15 is 0 Å². The molecule has 0 spiro atoms. The molecule has 2 aliphatic heterocycles. The van der Waals surface area contributed by atoms with E-state index in [9.17, 15) is 38.4 Å². The Kier molecular flexibility index (Phi) is 8.33. The van der Waals surface area contributed by atoms with Crippen molar-refractivity contribution >= 4 is 80.4 Å². The first-order valence-electron chi connectivity index (χ1n) is 23.2. The maximum Gasteiger partial charge on any atom is 0.196 e. The van der Waals surface area contributed by atoms with Crippen LogP contribution in [0.5, 0.6) is 0 Å². The van der Waals surface area contributed by atoms with Crippen LogP contribution in [0, 0.1) is 0 Å². The van der Waals surface area contributed by atoms with Crippen LogP contribution in [0.4, 0.5) is 22.7 Å². The summed E-state index contributed by atoms with van der Waals surface area (Å²) >= 11 is 0. The molecule has 14 rings (SSSR count). The number of rotatable bonds is 4. The lowest BCUT2D eigenvalue weighted by Gasteiger charge is -2.34. The van der Waals surface area contributed by atoms with E-state index in [1.807, 2.05) is 12.1 Å². The number of ketones is 8. The number of aryl methyl sites for hydroxylation is 2. The quantitative estimate of drug-likeness (QED) is 0.173. The SMILES string of the molecule is O=C1C2=C(C(=O)c3ccc(CCCc4ccc5c(c4)C(=O)c4ccc6c(c4C5=O)N=C4C=CC5=C(C(=O)c7ccccc7C5=O)C4N6)cc31)C1Nc3ccc4c(c3N=C1C=C2)C(=O)c1ccccc1C4=O. The zero-order valence-electron chi connectivity index (χ0n) is 37.1. The highest BCUT2D eigenvalue weighted by molar-refractivity contribution is 6.36. The van der Waals surface area contributed by atoms with Crippen molar-refractivity contribution in [2.75, 3.05) is 10.6 Å². The molecule has 12 heteroatoms. The van der Waals surface area contributed by atoms with Gasteiger partial charge in [0.1, 0.15) is 0 Å². The van der Waals surface area contributed by atoms with Crippen LogP contribution in [-0.4, -0.2) is 69.8 Å². The van der Waals surface area contributed by atoms with Crippen LogP contribution in [0.1, 0.15) is 123 Å². The van der Waals surface area contributed by atoms with E-state index in [-0.39, 0.29) is 90.8 Å². The molecule has 6 aliphatic carbocycles. The summed E-state index contributed by atoms with van der Waals surface area (Å²) in [5, 5.41) is 6.72. The third-order valence-electron chi connectivity index (χ3n) is 14.9. The predicted octanol–water partition coefficient (Wildman–Crippen LogP) is 9.04. The van der Waals surface area contributed by atoms with Gasteiger partial charge in [0.2, 0.25) is 0 Å². The Morgan fingerprint density at radius 2 is 0.746 bits per heavy atom. The molecule has 12 nitrogen and oxygen atoms in total. The van der Waals surface area contributed by atoms with Crippen molar-refractivity contribution in [3.05, 3.63) is 234 Å². The standard InChI is InChI=1S/C59H32N4O8/c64-52-28-8-1-3-10-30(28)56(68)44-34(52)16-20-40-48(44)60-42-22-18-36-46(50(42)62-40)58(70)32-14-12-26(24-38(32)54(36)66)6-5-7-27-13-15-33-39(25-27)55(67)37-19-23-43-51(47(37)59(33)71)63-41-21-17-35-45(49(41)61-43)57(69)31-11-4-2-9-29(31)53(35)65/h1-4,8-25,48,51,60,63H,5-7H2. The highest BCUT2D eigenvalue weighted by Crippen LogP contribution is 2.46. The molecule has 0 saturated heterocycles. The van der Waals surface area contributed by atoms with Crippen LogP contribution in [0.25, 0.3) is 0 Å². The molecule has 0 radical (unpaired) electrons. The van der Waals surface area contributed by atoms with Crippen molar-refractivity contribution in [2.45, 2.75) is 31.3 Å². The second-order valence-electron chi connectivity index (χ2n) is 18.7. The van der Waals surface area contributed by atoms with Crippen molar-refractivity contribution in [1.29, 1.82) is 0 Å². The van der Waals surface area contributed by atoms with E-state index in [2.05, 4.69) is 10.6 Å². The minimum absolute atomic E-state index is 0.179. The highest BCUT2D eigenvalue weighted by atomic mass is 16.2. The van der Waals surface area contributed by atoms with E-state index in [1.54, 1.807) is 121 Å². The normalized spacial score (nSPS) is 19.3. The number of benzene rings is 6. The number of Topliss-reactive ketones (excluding diaryl/α,β-unsaturated/α-hetero) is 4. The number of nitrogens with zero attached hydrogens (tertiary/aromatic N) is 2. The van der Waals surface area contributed by atoms with Crippen LogP contribution in [0.3, 0.4) is 0 Å². The number of nitrogens with one attached hydrogen (secondary N) is 2. The number of hydrogen-bond donors (Lipinski definition) is 2. The molecule has 8 aliphatic rings. The van der Waals surface area contributed by atoms with Gasteiger partial charge in [0.25, 0.3) is 0 Å². The van der Waals surface area contributed by atoms with Gasteiger partial charge in [-0.2, -0.15) is 0 Å². The zero-order valence-corrected chi connectivity index (χ0v) is 37.1. The van der Waals surface area contributed by atoms with Crippen molar-refractivity contribution < 1.29 is 38.4 Å². The lowest BCUT2D eigenvalue weighted by atomic mass is 9.76. The molecule has 2 N–H and O–H groups in total. The maximum atomic E-state index is 14.3. The number of carbonyl (C=O) groups excluding carboxylic acids is 8. The summed E-state index contributed by atoms with van der Waals surface area (Å²) in [4.78, 5) is 121. The summed E-state index contributed by atoms with van der Waals surface area (Å²) in [6.45, 7) is 0. The molecule has 6 aromatic rings. The first-order chi connectivity index (χ1) is 34.5. The van der Waals surface area contributed by atoms with Crippen molar-refractivity contribution in [1.82, 2.24) is 0 Å². The minimum atomic E-state index is -0.749. The van der Waals surface area contributed by atoms with Gasteiger partial charge in [-0.15, -0.1) is 0 Å². The second-order valence-corrected chi connectivity index (χ2v) is 18.7. The largest absolute Gasteiger partial charge is 0.371 e. The Morgan fingerprint density at radius 3 is 1.25 bits per heavy atom. The first kappa shape index (κ1) is 40.6. The average molecular weight is 925 g/mol. The number of fused-ring (bicyclic) bond motifs is 14. The van der Waals surface area contributed by atoms with Gasteiger partial charge in [-0.05, 0) is 91.1 Å². The summed E-state index contributed by atoms with van der Waals surface area (Å²) in [5.41, 5.74) is 8.72. The number of anilines is 2. The molecule has 0 fully saturated rings. The molecule has 0 aromatic heterocycles. The minimum Gasteiger partial charge on any atom is -0.371 e. The van der Waals surface area contributed by atoms with Crippen LogP contribution >= 0.6 is 0 Å². The Balaban J connectivity index is 0.682. The summed E-state index contributed by atoms with van der Waals surface area (Å²) in [6, 6.07) is 29.1. The van der Waals surface area contributed by atoms with Crippen LogP contribution in [-0.2, 0) is 12.8 Å². The highest BCUT2D eigenvalue weighted by Gasteiger charge is 2.44.